The molecule has 0 bridgehead atoms. The topological polar surface area (TPSA) is 104 Å². The van der Waals surface area contributed by atoms with E-state index in [1.807, 2.05) is 0 Å². The predicted molar refractivity (Wildman–Crippen MR) is 55.1 cm³/mol. The molecule has 1 atom stereocenters. The molecule has 0 fully saturated rings. The van der Waals surface area contributed by atoms with Crippen LogP contribution in [-0.4, -0.2) is 47.6 Å². The Morgan fingerprint density at radius 3 is 3.12 bits per heavy atom. The van der Waals surface area contributed by atoms with Gasteiger partial charge in [0.05, 0.1) is 12.7 Å². The lowest BCUT2D eigenvalue weighted by molar-refractivity contribution is 0.0609. The van der Waals surface area contributed by atoms with Crippen molar-refractivity contribution in [3.63, 3.8) is 0 Å². The van der Waals surface area contributed by atoms with Gasteiger partial charge in [-0.3, -0.25) is 9.59 Å². The fraction of sp³-hybridized carbons (Fsp3) is 0.444. The minimum atomic E-state index is -0.796. The second-order valence-corrected chi connectivity index (χ2v) is 3.12. The Bertz CT molecular complexity index is 404. The number of aliphatic hydroxyl groups excluding tert-OH is 1. The van der Waals surface area contributed by atoms with Gasteiger partial charge in [-0.1, -0.05) is 0 Å². The zero-order chi connectivity index (χ0) is 12.0. The van der Waals surface area contributed by atoms with E-state index in [2.05, 4.69) is 20.3 Å². The second-order valence-electron chi connectivity index (χ2n) is 3.12. The van der Waals surface area contributed by atoms with Gasteiger partial charge in [-0.2, -0.15) is 5.10 Å². The van der Waals surface area contributed by atoms with Gasteiger partial charge in [0.1, 0.15) is 5.56 Å². The number of carbonyl (C=O) groups excluding carboxylic acids is 1. The first-order chi connectivity index (χ1) is 7.65. The SMILES string of the molecule is COCC(O)CNC(=O)c1ccn[nH]c1=O. The molecule has 0 saturated heterocycles. The van der Waals surface area contributed by atoms with E-state index in [0.29, 0.717) is 0 Å². The molecule has 88 valence electrons. The summed E-state index contributed by atoms with van der Waals surface area (Å²) < 4.78 is 4.69. The average molecular weight is 227 g/mol. The maximum atomic E-state index is 11.5. The Labute approximate surface area is 91.4 Å². The highest BCUT2D eigenvalue weighted by Gasteiger charge is 2.11. The van der Waals surface area contributed by atoms with Crippen molar-refractivity contribution < 1.29 is 14.6 Å². The summed E-state index contributed by atoms with van der Waals surface area (Å²) in [7, 11) is 1.44. The number of carbonyl (C=O) groups is 1. The Balaban J connectivity index is 2.54. The molecule has 3 N–H and O–H groups in total. The number of H-pyrrole nitrogens is 1. The quantitative estimate of drug-likeness (QED) is 0.568. The first-order valence-electron chi connectivity index (χ1n) is 4.64. The molecular formula is C9H13N3O4. The molecule has 7 heteroatoms. The first-order valence-corrected chi connectivity index (χ1v) is 4.64. The zero-order valence-electron chi connectivity index (χ0n) is 8.77. The number of rotatable bonds is 5. The van der Waals surface area contributed by atoms with Crippen molar-refractivity contribution >= 4 is 5.91 Å². The van der Waals surface area contributed by atoms with Crippen LogP contribution in [0.2, 0.25) is 0 Å². The maximum Gasteiger partial charge on any atom is 0.277 e. The molecule has 0 spiro atoms. The third-order valence-electron chi connectivity index (χ3n) is 1.83. The molecule has 1 heterocycles. The standard InChI is InChI=1S/C9H13N3O4/c1-16-5-6(13)4-10-8(14)7-2-3-11-12-9(7)15/h2-3,6,13H,4-5H2,1H3,(H,10,14)(H,12,15). The lowest BCUT2D eigenvalue weighted by atomic mass is 10.3. The number of ether oxygens (including phenoxy) is 1. The zero-order valence-corrected chi connectivity index (χ0v) is 8.77. The number of amides is 1. The first kappa shape index (κ1) is 12.3. The van der Waals surface area contributed by atoms with E-state index in [1.54, 1.807) is 0 Å². The van der Waals surface area contributed by atoms with Crippen LogP contribution in [0, 0.1) is 0 Å². The van der Waals surface area contributed by atoms with Crippen molar-refractivity contribution in [3.05, 3.63) is 28.2 Å². The van der Waals surface area contributed by atoms with E-state index >= 15 is 0 Å². The van der Waals surface area contributed by atoms with Crippen molar-refractivity contribution in [3.8, 4) is 0 Å². The number of aromatic amines is 1. The van der Waals surface area contributed by atoms with E-state index in [0.717, 1.165) is 0 Å². The summed E-state index contributed by atoms with van der Waals surface area (Å²) in [5.74, 6) is -0.557. The van der Waals surface area contributed by atoms with Crippen molar-refractivity contribution in [2.45, 2.75) is 6.10 Å². The lowest BCUT2D eigenvalue weighted by Crippen LogP contribution is -2.36. The van der Waals surface area contributed by atoms with Gasteiger partial charge in [0.25, 0.3) is 11.5 Å². The van der Waals surface area contributed by atoms with Gasteiger partial charge in [0.2, 0.25) is 0 Å². The Kier molecular flexibility index (Phi) is 4.62. The highest BCUT2D eigenvalue weighted by molar-refractivity contribution is 5.93. The molecule has 1 aromatic rings. The fourth-order valence-electron chi connectivity index (χ4n) is 1.08. The van der Waals surface area contributed by atoms with Crippen LogP contribution >= 0.6 is 0 Å². The van der Waals surface area contributed by atoms with Crippen molar-refractivity contribution in [2.75, 3.05) is 20.3 Å². The third-order valence-corrected chi connectivity index (χ3v) is 1.83. The molecule has 7 nitrogen and oxygen atoms in total. The number of hydrogen-bond donors (Lipinski definition) is 3. The molecule has 0 aliphatic rings. The number of aromatic nitrogens is 2. The summed E-state index contributed by atoms with van der Waals surface area (Å²) in [6.45, 7) is 0.140. The van der Waals surface area contributed by atoms with E-state index in [1.165, 1.54) is 19.4 Å². The van der Waals surface area contributed by atoms with Gasteiger partial charge >= 0.3 is 0 Å². The van der Waals surface area contributed by atoms with E-state index < -0.39 is 17.6 Å². The highest BCUT2D eigenvalue weighted by Crippen LogP contribution is 1.88. The normalized spacial score (nSPS) is 12.1. The van der Waals surface area contributed by atoms with Gasteiger partial charge < -0.3 is 15.2 Å². The number of hydrogen-bond acceptors (Lipinski definition) is 5. The van der Waals surface area contributed by atoms with Crippen LogP contribution in [0.1, 0.15) is 10.4 Å². The van der Waals surface area contributed by atoms with Crippen molar-refractivity contribution in [2.24, 2.45) is 0 Å². The van der Waals surface area contributed by atoms with E-state index in [9.17, 15) is 14.7 Å². The monoisotopic (exact) mass is 227 g/mol. The van der Waals surface area contributed by atoms with Gasteiger partial charge in [0, 0.05) is 19.9 Å². The minimum absolute atomic E-state index is 0.0223. The van der Waals surface area contributed by atoms with Crippen LogP contribution in [0.25, 0.3) is 0 Å². The molecule has 1 aromatic heterocycles. The second kappa shape index (κ2) is 5.99. The number of nitrogens with zero attached hydrogens (tertiary/aromatic N) is 1. The summed E-state index contributed by atoms with van der Waals surface area (Å²) in [6, 6.07) is 1.30. The third kappa shape index (κ3) is 3.44. The van der Waals surface area contributed by atoms with Gasteiger partial charge in [-0.25, -0.2) is 5.10 Å². The minimum Gasteiger partial charge on any atom is -0.389 e. The van der Waals surface area contributed by atoms with E-state index in [4.69, 9.17) is 0 Å². The maximum absolute atomic E-state index is 11.5. The summed E-state index contributed by atoms with van der Waals surface area (Å²) in [4.78, 5) is 22.6. The molecule has 0 aliphatic heterocycles. The lowest BCUT2D eigenvalue weighted by Gasteiger charge is -2.10. The van der Waals surface area contributed by atoms with Crippen LogP contribution < -0.4 is 10.9 Å². The number of aliphatic hydroxyl groups is 1. The fourth-order valence-corrected chi connectivity index (χ4v) is 1.08. The Hall–Kier alpha value is -1.73. The molecule has 1 unspecified atom stereocenters. The van der Waals surface area contributed by atoms with Gasteiger partial charge in [-0.05, 0) is 6.07 Å². The van der Waals surface area contributed by atoms with Crippen LogP contribution in [0.3, 0.4) is 0 Å². The van der Waals surface area contributed by atoms with Crippen molar-refractivity contribution in [1.29, 1.82) is 0 Å². The van der Waals surface area contributed by atoms with Gasteiger partial charge in [-0.15, -0.1) is 0 Å². The molecule has 0 aromatic carbocycles. The van der Waals surface area contributed by atoms with Crippen molar-refractivity contribution in [1.82, 2.24) is 15.5 Å². The van der Waals surface area contributed by atoms with Crippen LogP contribution in [0.5, 0.6) is 0 Å². The smallest absolute Gasteiger partial charge is 0.277 e. The Morgan fingerprint density at radius 2 is 2.50 bits per heavy atom. The summed E-state index contributed by atoms with van der Waals surface area (Å²) in [5, 5.41) is 17.3. The molecule has 1 rings (SSSR count). The summed E-state index contributed by atoms with van der Waals surface area (Å²) in [6.07, 6.45) is 0.511. The van der Waals surface area contributed by atoms with E-state index in [-0.39, 0.29) is 18.7 Å². The Morgan fingerprint density at radius 1 is 1.75 bits per heavy atom. The summed E-state index contributed by atoms with van der Waals surface area (Å²) >= 11 is 0. The van der Waals surface area contributed by atoms with Crippen LogP contribution in [0.15, 0.2) is 17.1 Å². The molecular weight excluding hydrogens is 214 g/mol. The summed E-state index contributed by atoms with van der Waals surface area (Å²) in [5.41, 5.74) is -0.610. The largest absolute Gasteiger partial charge is 0.389 e. The number of nitrogens with one attached hydrogen (secondary N) is 2. The molecule has 1 amide bonds. The average Bonchev–Trinajstić information content (AvgIpc) is 2.27. The van der Waals surface area contributed by atoms with Crippen LogP contribution in [-0.2, 0) is 4.74 Å². The molecule has 0 aliphatic carbocycles. The van der Waals surface area contributed by atoms with Crippen LogP contribution in [0.4, 0.5) is 0 Å². The molecule has 0 saturated carbocycles. The highest BCUT2D eigenvalue weighted by atomic mass is 16.5. The predicted octanol–water partition coefficient (Wildman–Crippen LogP) is -1.49. The number of methoxy groups -OCH3 is 1. The molecule has 0 radical (unpaired) electrons. The van der Waals surface area contributed by atoms with Gasteiger partial charge in [0.15, 0.2) is 0 Å². The molecule has 16 heavy (non-hydrogen) atoms.